The van der Waals surface area contributed by atoms with Gasteiger partial charge in [-0.2, -0.15) is 20.6 Å². The molecule has 2 amide bonds. The van der Waals surface area contributed by atoms with Crippen molar-refractivity contribution >= 4 is 23.2 Å². The van der Waals surface area contributed by atoms with Crippen molar-refractivity contribution in [2.45, 2.75) is 50.9 Å². The van der Waals surface area contributed by atoms with Crippen molar-refractivity contribution in [3.8, 4) is 29.9 Å². The van der Waals surface area contributed by atoms with Gasteiger partial charge in [-0.3, -0.25) is 14.3 Å². The number of nitrogens with one attached hydrogen (secondary N) is 1. The number of methoxy groups -OCH3 is 1. The van der Waals surface area contributed by atoms with Gasteiger partial charge < -0.3 is 19.7 Å². The average molecular weight is 628 g/mol. The topological polar surface area (TPSA) is 134 Å². The third kappa shape index (κ3) is 6.70. The molecule has 0 fully saturated rings. The Balaban J connectivity index is 1.11. The van der Waals surface area contributed by atoms with Gasteiger partial charge in [0.15, 0.2) is 5.66 Å². The van der Waals surface area contributed by atoms with Gasteiger partial charge in [-0.15, -0.1) is 12.3 Å². The third-order valence-electron chi connectivity index (χ3n) is 8.31. The molecule has 3 heterocycles. The number of benzene rings is 3. The number of rotatable bonds is 12. The van der Waals surface area contributed by atoms with Gasteiger partial charge >= 0.3 is 0 Å². The van der Waals surface area contributed by atoms with Gasteiger partial charge in [0.1, 0.15) is 23.3 Å². The molecule has 2 aliphatic heterocycles. The molecule has 4 aromatic rings. The fourth-order valence-corrected chi connectivity index (χ4v) is 5.76. The van der Waals surface area contributed by atoms with Crippen LogP contribution in [0.2, 0.25) is 0 Å². The number of nitriles is 1. The summed E-state index contributed by atoms with van der Waals surface area (Å²) in [6.45, 7) is 2.88. The highest BCUT2D eigenvalue weighted by Crippen LogP contribution is 2.36. The van der Waals surface area contributed by atoms with E-state index in [4.69, 9.17) is 15.9 Å². The van der Waals surface area contributed by atoms with E-state index in [-0.39, 0.29) is 34.4 Å². The molecular formula is C36H33N7O4. The summed E-state index contributed by atoms with van der Waals surface area (Å²) >= 11 is 0. The van der Waals surface area contributed by atoms with E-state index in [2.05, 4.69) is 32.6 Å². The summed E-state index contributed by atoms with van der Waals surface area (Å²) in [6.07, 6.45) is 9.57. The number of ether oxygens (including phenoxy) is 2. The Morgan fingerprint density at radius 1 is 1.11 bits per heavy atom. The summed E-state index contributed by atoms with van der Waals surface area (Å²) < 4.78 is 12.7. The lowest BCUT2D eigenvalue weighted by molar-refractivity contribution is 0.0933. The Labute approximate surface area is 272 Å². The number of hydrogen-bond acceptors (Lipinski definition) is 8. The van der Waals surface area contributed by atoms with E-state index < -0.39 is 5.91 Å². The van der Waals surface area contributed by atoms with E-state index in [1.54, 1.807) is 21.7 Å². The van der Waals surface area contributed by atoms with E-state index in [1.165, 1.54) is 19.4 Å². The Morgan fingerprint density at radius 2 is 1.91 bits per heavy atom. The van der Waals surface area contributed by atoms with E-state index in [0.717, 1.165) is 29.0 Å². The first-order valence-corrected chi connectivity index (χ1v) is 15.3. The van der Waals surface area contributed by atoms with Crippen molar-refractivity contribution in [1.29, 1.82) is 5.26 Å². The lowest BCUT2D eigenvalue weighted by atomic mass is 10.0. The monoisotopic (exact) mass is 627 g/mol. The first-order chi connectivity index (χ1) is 22.8. The standard InChI is InChI=1S/C36H33N7O4/c1-4-5-15-36(40-41-36)16-17-47-30-8-6-7-26(19-30)18-25-9-12-29(13-10-25)43-24(2)23-42-33(35(43)45)31(22-38-42)34(44)39-28-11-14-32(46-3)27(20-28)21-37/h1,6-14,19-20,22,24H,5,15-18,23H2,2-3H3,(H,39,44)/t24-/m0/s1. The van der Waals surface area contributed by atoms with Gasteiger partial charge in [-0.05, 0) is 66.9 Å². The summed E-state index contributed by atoms with van der Waals surface area (Å²) in [5.41, 5.74) is 3.59. The van der Waals surface area contributed by atoms with E-state index in [9.17, 15) is 14.9 Å². The SMILES string of the molecule is C#CCCC1(CCOc2cccc(Cc3ccc(N4C(=O)c5c(C(=O)Nc6ccc(OC)c(C#N)c6)cnn5C[C@@H]4C)cc3)c2)N=N1. The summed E-state index contributed by atoms with van der Waals surface area (Å²) in [5, 5.41) is 24.8. The van der Waals surface area contributed by atoms with Gasteiger partial charge in [-0.25, -0.2) is 0 Å². The number of aromatic nitrogens is 2. The molecule has 6 rings (SSSR count). The molecule has 1 N–H and O–H groups in total. The van der Waals surface area contributed by atoms with Crippen LogP contribution in [0.1, 0.15) is 63.7 Å². The van der Waals surface area contributed by atoms with Crippen LogP contribution in [0.3, 0.4) is 0 Å². The minimum absolute atomic E-state index is 0.156. The summed E-state index contributed by atoms with van der Waals surface area (Å²) in [5.74, 6) is 3.02. The van der Waals surface area contributed by atoms with Gasteiger partial charge in [0.25, 0.3) is 11.8 Å². The van der Waals surface area contributed by atoms with Crippen LogP contribution in [0.5, 0.6) is 11.5 Å². The molecule has 0 radical (unpaired) electrons. The van der Waals surface area contributed by atoms with Crippen molar-refractivity contribution < 1.29 is 19.1 Å². The van der Waals surface area contributed by atoms with Crippen LogP contribution in [-0.2, 0) is 13.0 Å². The number of nitrogens with zero attached hydrogens (tertiary/aromatic N) is 6. The minimum atomic E-state index is -0.495. The van der Waals surface area contributed by atoms with E-state index in [1.807, 2.05) is 55.5 Å². The summed E-state index contributed by atoms with van der Waals surface area (Å²) in [6, 6.07) is 22.5. The van der Waals surface area contributed by atoms with Crippen molar-refractivity contribution in [3.63, 3.8) is 0 Å². The van der Waals surface area contributed by atoms with Crippen molar-refractivity contribution in [2.24, 2.45) is 10.2 Å². The van der Waals surface area contributed by atoms with Crippen LogP contribution < -0.4 is 19.7 Å². The second kappa shape index (κ2) is 13.2. The Bertz CT molecular complexity index is 1930. The molecule has 0 unspecified atom stereocenters. The maximum atomic E-state index is 13.9. The number of hydrogen-bond donors (Lipinski definition) is 1. The molecule has 236 valence electrons. The van der Waals surface area contributed by atoms with Crippen molar-refractivity contribution in [3.05, 3.63) is 101 Å². The molecule has 1 atom stereocenters. The Hall–Kier alpha value is -5.94. The van der Waals surface area contributed by atoms with E-state index in [0.29, 0.717) is 43.9 Å². The van der Waals surface area contributed by atoms with Crippen LogP contribution in [0.15, 0.2) is 83.2 Å². The number of amides is 2. The third-order valence-corrected chi connectivity index (χ3v) is 8.31. The van der Waals surface area contributed by atoms with Crippen LogP contribution in [0.4, 0.5) is 11.4 Å². The smallest absolute Gasteiger partial charge is 0.277 e. The van der Waals surface area contributed by atoms with Gasteiger partial charge in [0.05, 0.1) is 43.6 Å². The summed E-state index contributed by atoms with van der Waals surface area (Å²) in [4.78, 5) is 28.8. The minimum Gasteiger partial charge on any atom is -0.495 e. The van der Waals surface area contributed by atoms with Gasteiger partial charge in [0, 0.05) is 30.6 Å². The first-order valence-electron chi connectivity index (χ1n) is 15.3. The zero-order valence-electron chi connectivity index (χ0n) is 26.1. The lowest BCUT2D eigenvalue weighted by Crippen LogP contribution is -2.47. The molecule has 0 aliphatic carbocycles. The fourth-order valence-electron chi connectivity index (χ4n) is 5.76. The van der Waals surface area contributed by atoms with Crippen molar-refractivity contribution in [2.75, 3.05) is 23.9 Å². The average Bonchev–Trinajstić information content (AvgIpc) is 3.72. The zero-order valence-corrected chi connectivity index (χ0v) is 26.1. The normalized spacial score (nSPS) is 15.7. The summed E-state index contributed by atoms with van der Waals surface area (Å²) in [7, 11) is 1.47. The highest BCUT2D eigenvalue weighted by Gasteiger charge is 2.39. The van der Waals surface area contributed by atoms with Gasteiger partial charge in [-0.1, -0.05) is 24.3 Å². The number of anilines is 2. The van der Waals surface area contributed by atoms with E-state index >= 15 is 0 Å². The second-order valence-electron chi connectivity index (χ2n) is 11.6. The quantitative estimate of drug-likeness (QED) is 0.192. The first kappa shape index (κ1) is 31.1. The molecule has 3 aromatic carbocycles. The number of fused-ring (bicyclic) bond motifs is 1. The molecule has 47 heavy (non-hydrogen) atoms. The largest absolute Gasteiger partial charge is 0.495 e. The predicted octanol–water partition coefficient (Wildman–Crippen LogP) is 6.00. The highest BCUT2D eigenvalue weighted by molar-refractivity contribution is 6.15. The van der Waals surface area contributed by atoms with Crippen molar-refractivity contribution in [1.82, 2.24) is 9.78 Å². The number of carbonyl (C=O) groups excluding carboxylic acids is 2. The zero-order chi connectivity index (χ0) is 33.0. The molecule has 1 aromatic heterocycles. The molecule has 0 spiro atoms. The molecule has 11 nitrogen and oxygen atoms in total. The maximum Gasteiger partial charge on any atom is 0.277 e. The Kier molecular flexibility index (Phi) is 8.72. The second-order valence-corrected chi connectivity index (χ2v) is 11.6. The number of terminal acetylenes is 1. The number of carbonyl (C=O) groups is 2. The molecule has 2 aliphatic rings. The van der Waals surface area contributed by atoms with Crippen LogP contribution in [0.25, 0.3) is 0 Å². The van der Waals surface area contributed by atoms with Crippen LogP contribution in [-0.4, -0.2) is 47.0 Å². The molecular weight excluding hydrogens is 594 g/mol. The predicted molar refractivity (Wildman–Crippen MR) is 176 cm³/mol. The highest BCUT2D eigenvalue weighted by atomic mass is 16.5. The molecule has 11 heteroatoms. The molecule has 0 bridgehead atoms. The molecule has 0 saturated heterocycles. The van der Waals surface area contributed by atoms with Gasteiger partial charge in [0.2, 0.25) is 0 Å². The van der Waals surface area contributed by atoms with Crippen LogP contribution in [0, 0.1) is 23.7 Å². The molecule has 0 saturated carbocycles. The lowest BCUT2D eigenvalue weighted by Gasteiger charge is -2.34. The van der Waals surface area contributed by atoms with Crippen LogP contribution >= 0.6 is 0 Å². The maximum absolute atomic E-state index is 13.9. The fraction of sp³-hybridized carbons (Fsp3) is 0.278. The Morgan fingerprint density at radius 3 is 2.64 bits per heavy atom.